The molecule has 136 valence electrons. The Morgan fingerprint density at radius 2 is 1.73 bits per heavy atom. The molecule has 1 aliphatic heterocycles. The molecular weight excluding hydrogens is 393 g/mol. The topological polar surface area (TPSA) is 64.4 Å². The third kappa shape index (κ3) is 4.20. The van der Waals surface area contributed by atoms with Crippen LogP contribution in [0.15, 0.2) is 47.4 Å². The summed E-state index contributed by atoms with van der Waals surface area (Å²) in [6, 6.07) is 14.0. The van der Waals surface area contributed by atoms with E-state index in [9.17, 15) is 8.42 Å². The lowest BCUT2D eigenvalue weighted by molar-refractivity contribution is 0.181. The largest absolute Gasteiger partial charge is 0.296 e. The Kier molecular flexibility index (Phi) is 5.86. The van der Waals surface area contributed by atoms with Gasteiger partial charge in [-0.05, 0) is 35.9 Å². The monoisotopic (exact) mass is 409 g/mol. The van der Waals surface area contributed by atoms with Crippen molar-refractivity contribution in [3.63, 3.8) is 0 Å². The van der Waals surface area contributed by atoms with Crippen LogP contribution < -0.4 is 0 Å². The maximum Gasteiger partial charge on any atom is 0.243 e. The molecule has 26 heavy (non-hydrogen) atoms. The van der Waals surface area contributed by atoms with Crippen molar-refractivity contribution in [1.82, 2.24) is 9.21 Å². The van der Waals surface area contributed by atoms with Gasteiger partial charge < -0.3 is 0 Å². The number of hydrogen-bond donors (Lipinski definition) is 0. The zero-order valence-corrected chi connectivity index (χ0v) is 16.2. The summed E-state index contributed by atoms with van der Waals surface area (Å²) in [4.78, 5) is 2.33. The van der Waals surface area contributed by atoms with E-state index in [-0.39, 0.29) is 9.92 Å². The van der Waals surface area contributed by atoms with Crippen molar-refractivity contribution in [3.8, 4) is 6.07 Å². The second-order valence-electron chi connectivity index (χ2n) is 6.07. The Morgan fingerprint density at radius 3 is 2.38 bits per heavy atom. The van der Waals surface area contributed by atoms with Crippen LogP contribution in [0.25, 0.3) is 0 Å². The van der Waals surface area contributed by atoms with Crippen LogP contribution in [0.5, 0.6) is 0 Å². The van der Waals surface area contributed by atoms with Crippen molar-refractivity contribution in [2.24, 2.45) is 0 Å². The zero-order valence-electron chi connectivity index (χ0n) is 13.9. The van der Waals surface area contributed by atoms with Crippen LogP contribution in [0.4, 0.5) is 0 Å². The SMILES string of the molecule is N#Cc1cccc(CN2CCN(S(=O)(=O)c3ccc(Cl)c(Cl)c3)CC2)c1. The van der Waals surface area contributed by atoms with Crippen molar-refractivity contribution in [3.05, 3.63) is 63.6 Å². The smallest absolute Gasteiger partial charge is 0.243 e. The van der Waals surface area contributed by atoms with Gasteiger partial charge in [0, 0.05) is 32.7 Å². The highest BCUT2D eigenvalue weighted by atomic mass is 35.5. The Labute approximate surface area is 163 Å². The lowest BCUT2D eigenvalue weighted by atomic mass is 10.1. The zero-order chi connectivity index (χ0) is 18.7. The first-order valence-electron chi connectivity index (χ1n) is 8.07. The van der Waals surface area contributed by atoms with Gasteiger partial charge in [-0.25, -0.2) is 8.42 Å². The first-order valence-corrected chi connectivity index (χ1v) is 10.3. The standard InChI is InChI=1S/C18H17Cl2N3O2S/c19-17-5-4-16(11-18(17)20)26(24,25)23-8-6-22(7-9-23)13-15-3-1-2-14(10-15)12-21/h1-5,10-11H,6-9,13H2. The summed E-state index contributed by atoms with van der Waals surface area (Å²) in [7, 11) is -3.59. The molecule has 0 amide bonds. The molecule has 1 saturated heterocycles. The number of nitrogens with zero attached hydrogens (tertiary/aromatic N) is 3. The van der Waals surface area contributed by atoms with Gasteiger partial charge in [-0.3, -0.25) is 4.90 Å². The molecule has 0 bridgehead atoms. The Hall–Kier alpha value is -1.62. The number of hydrogen-bond acceptors (Lipinski definition) is 4. The number of piperazine rings is 1. The van der Waals surface area contributed by atoms with Gasteiger partial charge in [0.15, 0.2) is 0 Å². The molecule has 2 aromatic rings. The summed E-state index contributed by atoms with van der Waals surface area (Å²) in [5, 5.41) is 9.54. The molecule has 0 aliphatic carbocycles. The molecule has 0 aromatic heterocycles. The van der Waals surface area contributed by atoms with Crippen LogP contribution in [0.1, 0.15) is 11.1 Å². The Morgan fingerprint density at radius 1 is 1.00 bits per heavy atom. The predicted molar refractivity (Wildman–Crippen MR) is 102 cm³/mol. The van der Waals surface area contributed by atoms with E-state index in [0.717, 1.165) is 5.56 Å². The number of nitriles is 1. The van der Waals surface area contributed by atoms with E-state index < -0.39 is 10.0 Å². The van der Waals surface area contributed by atoms with Gasteiger partial charge in [-0.15, -0.1) is 0 Å². The van der Waals surface area contributed by atoms with E-state index in [2.05, 4.69) is 11.0 Å². The maximum absolute atomic E-state index is 12.8. The van der Waals surface area contributed by atoms with Gasteiger partial charge >= 0.3 is 0 Å². The highest BCUT2D eigenvalue weighted by molar-refractivity contribution is 7.89. The molecule has 0 atom stereocenters. The quantitative estimate of drug-likeness (QED) is 0.776. The van der Waals surface area contributed by atoms with Crippen molar-refractivity contribution >= 4 is 33.2 Å². The molecule has 5 nitrogen and oxygen atoms in total. The number of benzene rings is 2. The number of rotatable bonds is 4. The number of sulfonamides is 1. The molecule has 8 heteroatoms. The minimum absolute atomic E-state index is 0.155. The van der Waals surface area contributed by atoms with Gasteiger partial charge in [0.2, 0.25) is 10.0 Å². The van der Waals surface area contributed by atoms with Crippen molar-refractivity contribution in [2.45, 2.75) is 11.4 Å². The maximum atomic E-state index is 12.8. The van der Waals surface area contributed by atoms with E-state index in [1.807, 2.05) is 18.2 Å². The second kappa shape index (κ2) is 7.95. The fourth-order valence-corrected chi connectivity index (χ4v) is 4.72. The summed E-state index contributed by atoms with van der Waals surface area (Å²) in [5.41, 5.74) is 1.67. The van der Waals surface area contributed by atoms with Crippen LogP contribution >= 0.6 is 23.2 Å². The molecule has 1 fully saturated rings. The molecule has 2 aromatic carbocycles. The summed E-state index contributed by atoms with van der Waals surface area (Å²) < 4.78 is 27.0. The van der Waals surface area contributed by atoms with Crippen LogP contribution in [0, 0.1) is 11.3 Å². The van der Waals surface area contributed by atoms with E-state index in [4.69, 9.17) is 28.5 Å². The summed E-state index contributed by atoms with van der Waals surface area (Å²) in [6.07, 6.45) is 0. The Balaban J connectivity index is 1.65. The van der Waals surface area contributed by atoms with Gasteiger partial charge in [0.25, 0.3) is 0 Å². The lowest BCUT2D eigenvalue weighted by Crippen LogP contribution is -2.48. The normalized spacial score (nSPS) is 16.3. The third-order valence-corrected chi connectivity index (χ3v) is 6.96. The molecule has 0 N–H and O–H groups in total. The molecule has 1 heterocycles. The van der Waals surface area contributed by atoms with Crippen molar-refractivity contribution in [1.29, 1.82) is 5.26 Å². The Bertz CT molecular complexity index is 949. The first kappa shape index (κ1) is 19.2. The average Bonchev–Trinajstić information content (AvgIpc) is 2.64. The van der Waals surface area contributed by atoms with Crippen molar-refractivity contribution < 1.29 is 8.42 Å². The highest BCUT2D eigenvalue weighted by Crippen LogP contribution is 2.27. The lowest BCUT2D eigenvalue weighted by Gasteiger charge is -2.34. The van der Waals surface area contributed by atoms with Gasteiger partial charge in [-0.1, -0.05) is 35.3 Å². The number of halogens is 2. The molecule has 0 radical (unpaired) electrons. The first-order chi connectivity index (χ1) is 12.4. The van der Waals surface area contributed by atoms with E-state index in [1.54, 1.807) is 6.07 Å². The third-order valence-electron chi connectivity index (χ3n) is 4.32. The molecule has 0 saturated carbocycles. The minimum Gasteiger partial charge on any atom is -0.296 e. The van der Waals surface area contributed by atoms with E-state index in [0.29, 0.717) is 43.3 Å². The second-order valence-corrected chi connectivity index (χ2v) is 8.82. The van der Waals surface area contributed by atoms with Crippen LogP contribution in [0.2, 0.25) is 10.0 Å². The van der Waals surface area contributed by atoms with Gasteiger partial charge in [-0.2, -0.15) is 9.57 Å². The van der Waals surface area contributed by atoms with Gasteiger partial charge in [0.05, 0.1) is 26.6 Å². The average molecular weight is 410 g/mol. The van der Waals surface area contributed by atoms with Crippen LogP contribution in [-0.2, 0) is 16.6 Å². The predicted octanol–water partition coefficient (Wildman–Crippen LogP) is 3.37. The van der Waals surface area contributed by atoms with Crippen molar-refractivity contribution in [2.75, 3.05) is 26.2 Å². The van der Waals surface area contributed by atoms with E-state index in [1.165, 1.54) is 22.5 Å². The molecule has 0 spiro atoms. The summed E-state index contributed by atoms with van der Waals surface area (Å²) in [6.45, 7) is 2.74. The molecule has 3 rings (SSSR count). The fraction of sp³-hybridized carbons (Fsp3) is 0.278. The molecule has 0 unspecified atom stereocenters. The summed E-state index contributed by atoms with van der Waals surface area (Å²) >= 11 is 11.8. The van der Waals surface area contributed by atoms with E-state index >= 15 is 0 Å². The summed E-state index contributed by atoms with van der Waals surface area (Å²) in [5.74, 6) is 0. The highest BCUT2D eigenvalue weighted by Gasteiger charge is 2.28. The van der Waals surface area contributed by atoms with Crippen LogP contribution in [-0.4, -0.2) is 43.8 Å². The molecular formula is C18H17Cl2N3O2S. The van der Waals surface area contributed by atoms with Crippen LogP contribution in [0.3, 0.4) is 0 Å². The molecule has 1 aliphatic rings. The van der Waals surface area contributed by atoms with Gasteiger partial charge in [0.1, 0.15) is 0 Å². The minimum atomic E-state index is -3.59. The fourth-order valence-electron chi connectivity index (χ4n) is 2.91.